The lowest BCUT2D eigenvalue weighted by Gasteiger charge is -2.35. The van der Waals surface area contributed by atoms with Crippen LogP contribution in [0.15, 0.2) is 35.8 Å². The lowest BCUT2D eigenvalue weighted by Crippen LogP contribution is -2.45. The summed E-state index contributed by atoms with van der Waals surface area (Å²) in [4.78, 5) is 27.6. The number of hydrogen-bond acceptors (Lipinski definition) is 5. The van der Waals surface area contributed by atoms with Gasteiger partial charge in [0.2, 0.25) is 5.43 Å². The van der Waals surface area contributed by atoms with Crippen LogP contribution >= 0.6 is 0 Å². The van der Waals surface area contributed by atoms with Crippen LogP contribution in [-0.4, -0.2) is 54.0 Å². The molecule has 1 aliphatic rings. The van der Waals surface area contributed by atoms with Crippen LogP contribution in [0, 0.1) is 23.3 Å². The van der Waals surface area contributed by atoms with Crippen LogP contribution in [0.2, 0.25) is 0 Å². The number of ether oxygens (including phenoxy) is 1. The molecule has 2 aromatic carbocycles. The molecule has 1 aliphatic heterocycles. The number of hydrogen-bond donors (Lipinski definition) is 1. The van der Waals surface area contributed by atoms with E-state index in [9.17, 15) is 18.4 Å². The van der Waals surface area contributed by atoms with E-state index in [-0.39, 0.29) is 13.1 Å². The van der Waals surface area contributed by atoms with Gasteiger partial charge in [-0.3, -0.25) is 4.79 Å². The third-order valence-corrected chi connectivity index (χ3v) is 5.69. The van der Waals surface area contributed by atoms with E-state index in [1.54, 1.807) is 0 Å². The summed E-state index contributed by atoms with van der Waals surface area (Å²) >= 11 is 0. The van der Waals surface area contributed by atoms with Crippen LogP contribution in [0.3, 0.4) is 0 Å². The zero-order chi connectivity index (χ0) is 24.7. The number of piperazine rings is 1. The molecule has 0 amide bonds. The summed E-state index contributed by atoms with van der Waals surface area (Å²) in [6.45, 7) is 5.11. The van der Waals surface area contributed by atoms with Crippen molar-refractivity contribution < 1.29 is 32.2 Å². The van der Waals surface area contributed by atoms with Crippen LogP contribution in [-0.2, 0) is 0 Å². The number of nitrogens with zero attached hydrogens (tertiary/aromatic N) is 3. The predicted octanol–water partition coefficient (Wildman–Crippen LogP) is 4.00. The van der Waals surface area contributed by atoms with Crippen molar-refractivity contribution >= 4 is 28.8 Å². The van der Waals surface area contributed by atoms with Crippen molar-refractivity contribution in [3.63, 3.8) is 0 Å². The summed E-state index contributed by atoms with van der Waals surface area (Å²) in [5.74, 6) is -5.09. The minimum absolute atomic E-state index is 0.280. The van der Waals surface area contributed by atoms with Gasteiger partial charge in [-0.25, -0.2) is 22.4 Å². The highest BCUT2D eigenvalue weighted by molar-refractivity contribution is 5.94. The molecule has 1 N–H and O–H groups in total. The van der Waals surface area contributed by atoms with Crippen molar-refractivity contribution in [2.24, 2.45) is 0 Å². The maximum atomic E-state index is 16.0. The number of carboxylic acid groups (broad SMARTS) is 1. The molecular formula is C23H19F4N3O4. The first-order chi connectivity index (χ1) is 16.1. The standard InChI is InChI=1S/C23H19F4N3O4/c1-3-13-17-20(19(27)21(18(13)26)29-8-6-28(2)7-9-29)30(11-16(22(17)31)34-23(32)33)15-5-4-12(24)10-14(15)25/h3-5,10-11H,1,6-9H2,2H3,(H,32,33). The highest BCUT2D eigenvalue weighted by Gasteiger charge is 2.30. The first-order valence-electron chi connectivity index (χ1n) is 10.2. The number of aromatic nitrogens is 1. The summed E-state index contributed by atoms with van der Waals surface area (Å²) < 4.78 is 65.2. The van der Waals surface area contributed by atoms with E-state index >= 15 is 8.78 Å². The third kappa shape index (κ3) is 3.87. The first kappa shape index (κ1) is 23.3. The molecule has 0 atom stereocenters. The van der Waals surface area contributed by atoms with E-state index in [0.717, 1.165) is 29.0 Å². The minimum atomic E-state index is -1.86. The molecule has 11 heteroatoms. The third-order valence-electron chi connectivity index (χ3n) is 5.69. The van der Waals surface area contributed by atoms with Gasteiger partial charge in [0.05, 0.1) is 22.8 Å². The fourth-order valence-corrected chi connectivity index (χ4v) is 4.04. The monoisotopic (exact) mass is 477 g/mol. The number of benzene rings is 2. The fourth-order valence-electron chi connectivity index (χ4n) is 4.04. The second kappa shape index (κ2) is 8.82. The Bertz CT molecular complexity index is 1380. The molecule has 4 rings (SSSR count). The highest BCUT2D eigenvalue weighted by Crippen LogP contribution is 2.36. The van der Waals surface area contributed by atoms with Crippen LogP contribution in [0.4, 0.5) is 28.0 Å². The molecule has 0 saturated carbocycles. The molecule has 1 aromatic heterocycles. The molecule has 1 saturated heterocycles. The summed E-state index contributed by atoms with van der Waals surface area (Å²) in [6.07, 6.45) is -0.0947. The van der Waals surface area contributed by atoms with Crippen LogP contribution in [0.25, 0.3) is 22.7 Å². The largest absolute Gasteiger partial charge is 0.511 e. The lowest BCUT2D eigenvalue weighted by atomic mass is 10.0. The Morgan fingerprint density at radius 3 is 2.38 bits per heavy atom. The Labute approximate surface area is 190 Å². The maximum absolute atomic E-state index is 16.0. The molecule has 3 aromatic rings. The SMILES string of the molecule is C=Cc1c(F)c(N2CCN(C)CC2)c(F)c2c1c(=O)c(OC(=O)O)cn2-c1ccc(F)cc1F. The summed E-state index contributed by atoms with van der Waals surface area (Å²) in [7, 11) is 1.86. The van der Waals surface area contributed by atoms with Crippen molar-refractivity contribution in [1.29, 1.82) is 0 Å². The zero-order valence-electron chi connectivity index (χ0n) is 17.9. The molecule has 0 radical (unpaired) electrons. The molecule has 0 spiro atoms. The second-order valence-corrected chi connectivity index (χ2v) is 7.76. The van der Waals surface area contributed by atoms with Gasteiger partial charge in [-0.2, -0.15) is 0 Å². The molecule has 0 bridgehead atoms. The molecule has 1 fully saturated rings. The first-order valence-corrected chi connectivity index (χ1v) is 10.2. The van der Waals surface area contributed by atoms with Gasteiger partial charge in [0, 0.05) is 37.8 Å². The Morgan fingerprint density at radius 1 is 1.12 bits per heavy atom. The van der Waals surface area contributed by atoms with Gasteiger partial charge in [0.15, 0.2) is 17.4 Å². The van der Waals surface area contributed by atoms with Crippen LogP contribution in [0.1, 0.15) is 5.56 Å². The zero-order valence-corrected chi connectivity index (χ0v) is 17.9. The summed E-state index contributed by atoms with van der Waals surface area (Å²) in [6, 6.07) is 2.41. The quantitative estimate of drug-likeness (QED) is 0.453. The predicted molar refractivity (Wildman–Crippen MR) is 118 cm³/mol. The van der Waals surface area contributed by atoms with Crippen molar-refractivity contribution in [3.8, 4) is 11.4 Å². The molecule has 0 aliphatic carbocycles. The molecule has 178 valence electrons. The number of halogens is 4. The Kier molecular flexibility index (Phi) is 6.05. The van der Waals surface area contributed by atoms with Crippen LogP contribution in [0.5, 0.6) is 5.75 Å². The normalized spacial score (nSPS) is 14.4. The van der Waals surface area contributed by atoms with Crippen LogP contribution < -0.4 is 15.1 Å². The fraction of sp³-hybridized carbons (Fsp3) is 0.217. The van der Waals surface area contributed by atoms with Crippen molar-refractivity contribution in [1.82, 2.24) is 9.47 Å². The Balaban J connectivity index is 2.15. The second-order valence-electron chi connectivity index (χ2n) is 7.76. The smallest absolute Gasteiger partial charge is 0.449 e. The average molecular weight is 477 g/mol. The molecule has 0 unspecified atom stereocenters. The number of likely N-dealkylation sites (N-methyl/N-ethyl adjacent to an activating group) is 1. The van der Waals surface area contributed by atoms with E-state index in [4.69, 9.17) is 5.11 Å². The van der Waals surface area contributed by atoms with E-state index in [1.807, 2.05) is 11.9 Å². The molecule has 2 heterocycles. The number of carbonyl (C=O) groups is 1. The Hall–Kier alpha value is -3.86. The summed E-state index contributed by atoms with van der Waals surface area (Å²) in [5.41, 5.74) is -2.90. The van der Waals surface area contributed by atoms with E-state index < -0.39 is 68.4 Å². The van der Waals surface area contributed by atoms with Gasteiger partial charge in [-0.1, -0.05) is 12.7 Å². The Morgan fingerprint density at radius 2 is 1.79 bits per heavy atom. The number of pyridine rings is 1. The molecule has 7 nitrogen and oxygen atoms in total. The van der Waals surface area contributed by atoms with Gasteiger partial charge in [0.1, 0.15) is 17.3 Å². The van der Waals surface area contributed by atoms with Gasteiger partial charge < -0.3 is 24.2 Å². The molecule has 34 heavy (non-hydrogen) atoms. The number of rotatable bonds is 4. The van der Waals surface area contributed by atoms with E-state index in [2.05, 4.69) is 11.3 Å². The van der Waals surface area contributed by atoms with Gasteiger partial charge in [-0.15, -0.1) is 0 Å². The number of anilines is 1. The van der Waals surface area contributed by atoms with E-state index in [0.29, 0.717) is 19.2 Å². The molecular weight excluding hydrogens is 458 g/mol. The van der Waals surface area contributed by atoms with Crippen molar-refractivity contribution in [2.45, 2.75) is 0 Å². The highest BCUT2D eigenvalue weighted by atomic mass is 19.1. The van der Waals surface area contributed by atoms with Gasteiger partial charge in [0.25, 0.3) is 0 Å². The van der Waals surface area contributed by atoms with Crippen molar-refractivity contribution in [2.75, 3.05) is 38.1 Å². The summed E-state index contributed by atoms with van der Waals surface area (Å²) in [5, 5.41) is 8.42. The van der Waals surface area contributed by atoms with Gasteiger partial charge in [-0.05, 0) is 19.2 Å². The average Bonchev–Trinajstić information content (AvgIpc) is 2.77. The maximum Gasteiger partial charge on any atom is 0.511 e. The topological polar surface area (TPSA) is 75.0 Å². The van der Waals surface area contributed by atoms with Gasteiger partial charge >= 0.3 is 6.16 Å². The van der Waals surface area contributed by atoms with E-state index in [1.165, 1.54) is 4.90 Å². The van der Waals surface area contributed by atoms with Crippen molar-refractivity contribution in [3.05, 3.63) is 70.0 Å². The minimum Gasteiger partial charge on any atom is -0.449 e. The lowest BCUT2D eigenvalue weighted by molar-refractivity contribution is 0.144. The number of fused-ring (bicyclic) bond motifs is 1.